The maximum Gasteiger partial charge on any atom is 0.335 e. The van der Waals surface area contributed by atoms with Gasteiger partial charge >= 0.3 is 5.97 Å². The van der Waals surface area contributed by atoms with E-state index >= 15 is 0 Å². The van der Waals surface area contributed by atoms with Crippen LogP contribution in [0.4, 0.5) is 11.4 Å². The third kappa shape index (κ3) is 5.56. The van der Waals surface area contributed by atoms with Crippen molar-refractivity contribution in [3.63, 3.8) is 0 Å². The largest absolute Gasteiger partial charge is 0.478 e. The molecule has 4 rings (SSSR count). The number of rotatable bonds is 7. The summed E-state index contributed by atoms with van der Waals surface area (Å²) in [6.45, 7) is 6.62. The Bertz CT molecular complexity index is 2000. The predicted molar refractivity (Wildman–Crippen MR) is 152 cm³/mol. The lowest BCUT2D eigenvalue weighted by Crippen LogP contribution is -2.26. The quantitative estimate of drug-likeness (QED) is 0.215. The van der Waals surface area contributed by atoms with Crippen LogP contribution in [0.3, 0.4) is 0 Å². The SMILES string of the molecule is CC1(C)C(/C=C/C=C/C=C2/Nc3cc(S(=O)(=O)O)cc(S(=O)(=O)O)c3C2(C)C)=Nc2cc(C(=O)O)cc(S(=O)(=O)O)c21. The molecule has 0 saturated carbocycles. The van der Waals surface area contributed by atoms with Gasteiger partial charge in [-0.2, -0.15) is 25.3 Å². The molecule has 0 amide bonds. The van der Waals surface area contributed by atoms with Gasteiger partial charge in [0, 0.05) is 33.3 Å². The van der Waals surface area contributed by atoms with E-state index in [1.807, 2.05) is 0 Å². The van der Waals surface area contributed by atoms with Gasteiger partial charge in [0.1, 0.15) is 9.79 Å². The highest BCUT2D eigenvalue weighted by molar-refractivity contribution is 7.86. The van der Waals surface area contributed by atoms with E-state index in [1.165, 1.54) is 6.07 Å². The topological polar surface area (TPSA) is 225 Å². The smallest absolute Gasteiger partial charge is 0.335 e. The van der Waals surface area contributed by atoms with E-state index in [2.05, 4.69) is 10.3 Å². The van der Waals surface area contributed by atoms with Gasteiger partial charge in [-0.3, -0.25) is 18.7 Å². The summed E-state index contributed by atoms with van der Waals surface area (Å²) in [5, 5.41) is 12.3. The molecule has 2 aromatic carbocycles. The summed E-state index contributed by atoms with van der Waals surface area (Å²) < 4.78 is 101. The standard InChI is InChI=1S/C26H26N2O11S3/c1-25(2)20(27-16-10-14(24(29)30)11-18(22(16)25)41(34,35)36)8-6-5-7-9-21-26(3,4)23-17(28-21)12-15(40(31,32)33)13-19(23)42(37,38)39/h5-13,28H,1-4H3,(H,29,30)(H,31,32,33)(H,34,35,36)(H,37,38,39)/b7-5+,8-6+,21-9+. The molecular weight excluding hydrogens is 612 g/mol. The number of anilines is 1. The molecule has 0 unspecified atom stereocenters. The summed E-state index contributed by atoms with van der Waals surface area (Å²) in [5.41, 5.74) is -1.20. The van der Waals surface area contributed by atoms with Crippen LogP contribution in [0.25, 0.3) is 0 Å². The lowest BCUT2D eigenvalue weighted by atomic mass is 9.81. The number of carboxylic acids is 1. The molecule has 2 aliphatic heterocycles. The fourth-order valence-corrected chi connectivity index (χ4v) is 7.42. The highest BCUT2D eigenvalue weighted by Crippen LogP contribution is 2.48. The summed E-state index contributed by atoms with van der Waals surface area (Å²) in [4.78, 5) is 13.9. The highest BCUT2D eigenvalue weighted by atomic mass is 32.2. The lowest BCUT2D eigenvalue weighted by Gasteiger charge is -2.22. The van der Waals surface area contributed by atoms with Gasteiger partial charge in [-0.25, -0.2) is 4.79 Å². The third-order valence-corrected chi connectivity index (χ3v) is 9.66. The Morgan fingerprint density at radius 1 is 0.786 bits per heavy atom. The molecule has 2 aliphatic rings. The Morgan fingerprint density at radius 2 is 1.38 bits per heavy atom. The number of nitrogens with zero attached hydrogens (tertiary/aromatic N) is 1. The number of nitrogens with one attached hydrogen (secondary N) is 1. The Morgan fingerprint density at radius 3 is 1.93 bits per heavy atom. The number of allylic oxidation sites excluding steroid dienone is 6. The highest BCUT2D eigenvalue weighted by Gasteiger charge is 2.41. The van der Waals surface area contributed by atoms with Crippen LogP contribution in [0.2, 0.25) is 0 Å². The van der Waals surface area contributed by atoms with Crippen molar-refractivity contribution in [2.45, 2.75) is 53.2 Å². The number of benzene rings is 2. The monoisotopic (exact) mass is 638 g/mol. The first-order valence-electron chi connectivity index (χ1n) is 12.0. The van der Waals surface area contributed by atoms with Crippen molar-refractivity contribution in [3.05, 3.63) is 77.0 Å². The minimum absolute atomic E-state index is 0.0631. The average Bonchev–Trinajstić information content (AvgIpc) is 3.24. The van der Waals surface area contributed by atoms with E-state index in [0.29, 0.717) is 17.5 Å². The number of hydrogen-bond donors (Lipinski definition) is 5. The van der Waals surface area contributed by atoms with Crippen LogP contribution in [0.15, 0.2) is 80.0 Å². The molecule has 0 aromatic heterocycles. The number of hydrogen-bond acceptors (Lipinski definition) is 9. The van der Waals surface area contributed by atoms with Crippen molar-refractivity contribution >= 4 is 53.4 Å². The zero-order chi connectivity index (χ0) is 31.6. The summed E-state index contributed by atoms with van der Waals surface area (Å²) in [5.74, 6) is -1.39. The number of aliphatic imine (C=N–C) groups is 1. The Balaban J connectivity index is 1.67. The normalized spacial score (nSPS) is 18.7. The first kappa shape index (κ1) is 31.3. The van der Waals surface area contributed by atoms with E-state index in [9.17, 15) is 48.8 Å². The fraction of sp³-hybridized carbons (Fsp3) is 0.231. The van der Waals surface area contributed by atoms with Crippen LogP contribution in [0.1, 0.15) is 49.2 Å². The van der Waals surface area contributed by atoms with Gasteiger partial charge in [0.15, 0.2) is 0 Å². The van der Waals surface area contributed by atoms with Gasteiger partial charge in [-0.05, 0) is 36.4 Å². The van der Waals surface area contributed by atoms with E-state index in [0.717, 1.165) is 12.1 Å². The Kier molecular flexibility index (Phi) is 7.42. The molecule has 2 heterocycles. The minimum atomic E-state index is -4.87. The van der Waals surface area contributed by atoms with Crippen molar-refractivity contribution in [1.29, 1.82) is 0 Å². The number of carbonyl (C=O) groups is 1. The van der Waals surface area contributed by atoms with Crippen molar-refractivity contribution < 1.29 is 48.8 Å². The van der Waals surface area contributed by atoms with Gasteiger partial charge in [0.05, 0.1) is 21.9 Å². The second-order valence-electron chi connectivity index (χ2n) is 10.6. The van der Waals surface area contributed by atoms with E-state index in [1.54, 1.807) is 58.1 Å². The molecule has 0 spiro atoms. The van der Waals surface area contributed by atoms with E-state index in [-0.39, 0.29) is 28.1 Å². The van der Waals surface area contributed by atoms with Gasteiger partial charge in [-0.1, -0.05) is 45.9 Å². The number of carboxylic acid groups (broad SMARTS) is 1. The van der Waals surface area contributed by atoms with Gasteiger partial charge < -0.3 is 10.4 Å². The molecule has 5 N–H and O–H groups in total. The zero-order valence-corrected chi connectivity index (χ0v) is 25.0. The van der Waals surface area contributed by atoms with Crippen molar-refractivity contribution in [3.8, 4) is 0 Å². The molecule has 2 aromatic rings. The molecule has 0 bridgehead atoms. The second kappa shape index (κ2) is 9.96. The molecule has 0 aliphatic carbocycles. The van der Waals surface area contributed by atoms with Gasteiger partial charge in [-0.15, -0.1) is 0 Å². The molecule has 16 heteroatoms. The molecule has 0 atom stereocenters. The van der Waals surface area contributed by atoms with Crippen molar-refractivity contribution in [2.75, 3.05) is 5.32 Å². The van der Waals surface area contributed by atoms with Crippen LogP contribution in [0.5, 0.6) is 0 Å². The van der Waals surface area contributed by atoms with Crippen molar-refractivity contribution in [2.24, 2.45) is 4.99 Å². The summed E-state index contributed by atoms with van der Waals surface area (Å²) in [6, 6.07) is 3.84. The predicted octanol–water partition coefficient (Wildman–Crippen LogP) is 3.89. The van der Waals surface area contributed by atoms with E-state index in [4.69, 9.17) is 0 Å². The van der Waals surface area contributed by atoms with Crippen LogP contribution in [-0.2, 0) is 41.2 Å². The average molecular weight is 639 g/mol. The van der Waals surface area contributed by atoms with Crippen LogP contribution in [0, 0.1) is 0 Å². The molecule has 13 nitrogen and oxygen atoms in total. The fourth-order valence-electron chi connectivity index (χ4n) is 5.02. The molecule has 0 saturated heterocycles. The van der Waals surface area contributed by atoms with Crippen LogP contribution in [-0.4, -0.2) is 55.7 Å². The van der Waals surface area contributed by atoms with Crippen LogP contribution < -0.4 is 5.32 Å². The van der Waals surface area contributed by atoms with E-state index < -0.39 is 61.8 Å². The number of aromatic carboxylic acids is 1. The lowest BCUT2D eigenvalue weighted by molar-refractivity contribution is 0.0696. The third-order valence-electron chi connectivity index (χ3n) is 7.07. The van der Waals surface area contributed by atoms with Gasteiger partial charge in [0.2, 0.25) is 0 Å². The maximum atomic E-state index is 12.1. The molecule has 224 valence electrons. The summed E-state index contributed by atoms with van der Waals surface area (Å²) in [6.07, 6.45) is 7.88. The van der Waals surface area contributed by atoms with Crippen LogP contribution >= 0.6 is 0 Å². The maximum absolute atomic E-state index is 12.1. The van der Waals surface area contributed by atoms with Gasteiger partial charge in [0.25, 0.3) is 30.4 Å². The first-order chi connectivity index (χ1) is 19.1. The first-order valence-corrected chi connectivity index (χ1v) is 16.3. The molecule has 0 radical (unpaired) electrons. The summed E-state index contributed by atoms with van der Waals surface area (Å²) in [7, 11) is -14.4. The zero-order valence-electron chi connectivity index (χ0n) is 22.5. The second-order valence-corrected chi connectivity index (χ2v) is 14.8. The Labute approximate surface area is 242 Å². The molecule has 42 heavy (non-hydrogen) atoms. The molecular formula is C26H26N2O11S3. The summed E-state index contributed by atoms with van der Waals surface area (Å²) >= 11 is 0. The minimum Gasteiger partial charge on any atom is -0.478 e. The molecule has 0 fully saturated rings. The number of fused-ring (bicyclic) bond motifs is 2. The van der Waals surface area contributed by atoms with Crippen molar-refractivity contribution in [1.82, 2.24) is 0 Å². The Hall–Kier alpha value is -3.67.